The summed E-state index contributed by atoms with van der Waals surface area (Å²) in [5, 5.41) is 179. The van der Waals surface area contributed by atoms with E-state index in [9.17, 15) is 110 Å². The molecule has 630 valence electrons. The first-order valence-corrected chi connectivity index (χ1v) is 35.8. The maximum Gasteiger partial charge on any atom is 0.338 e. The molecule has 6 saturated heterocycles. The third-order valence-electron chi connectivity index (χ3n) is 19.1. The molecule has 40 heteroatoms. The third kappa shape index (κ3) is 21.7. The Morgan fingerprint density at radius 1 is 0.443 bits per heavy atom. The van der Waals surface area contributed by atoms with Gasteiger partial charge in [0.05, 0.1) is 38.6 Å². The van der Waals surface area contributed by atoms with E-state index in [4.69, 9.17) is 85.3 Å². The Bertz CT molecular complexity index is 3980. The molecule has 6 aliphatic heterocycles. The van der Waals surface area contributed by atoms with Crippen molar-refractivity contribution in [1.82, 2.24) is 0 Å². The van der Waals surface area contributed by atoms with Crippen LogP contribution < -0.4 is 9.47 Å². The van der Waals surface area contributed by atoms with Gasteiger partial charge in [0.15, 0.2) is 55.0 Å². The molecule has 0 aliphatic carbocycles. The first-order chi connectivity index (χ1) is 54.8. The van der Waals surface area contributed by atoms with Gasteiger partial charge in [0, 0.05) is 32.1 Å². The van der Waals surface area contributed by atoms with Crippen LogP contribution in [0.15, 0.2) is 115 Å². The minimum Gasteiger partial charge on any atom is -0.508 e. The monoisotopic (exact) mass is 1630 g/mol. The molecule has 0 aromatic heterocycles. The van der Waals surface area contributed by atoms with Crippen molar-refractivity contribution in [3.05, 3.63) is 138 Å². The summed E-state index contributed by atoms with van der Waals surface area (Å²) in [5.74, 6) is -10.4. The molecule has 0 amide bonds. The van der Waals surface area contributed by atoms with Gasteiger partial charge in [-0.2, -0.15) is 0 Å². The highest BCUT2D eigenvalue weighted by Gasteiger charge is 2.65. The molecular weight excluding hydrogens is 1540 g/mol. The molecule has 6 fully saturated rings. The molecule has 16 N–H and O–H groups in total. The van der Waals surface area contributed by atoms with Crippen LogP contribution in [0.1, 0.15) is 47.8 Å². The van der Waals surface area contributed by atoms with Gasteiger partial charge in [0.2, 0.25) is 12.1 Å². The predicted octanol–water partition coefficient (Wildman–Crippen LogP) is -4.50. The summed E-state index contributed by atoms with van der Waals surface area (Å²) in [6.45, 7) is -3.54. The van der Waals surface area contributed by atoms with E-state index in [0.29, 0.717) is 11.1 Å². The highest BCUT2D eigenvalue weighted by molar-refractivity contribution is 5.90. The zero-order chi connectivity index (χ0) is 83.3. The number of carbonyl (C=O) groups excluding carboxylic acids is 6. The Morgan fingerprint density at radius 2 is 0.939 bits per heavy atom. The normalized spacial score (nSPS) is 35.6. The number of carbonyl (C=O) groups is 6. The first-order valence-electron chi connectivity index (χ1n) is 35.8. The Balaban J connectivity index is 1.09. The molecule has 0 saturated carbocycles. The highest BCUT2D eigenvalue weighted by atomic mass is 16.8. The SMILES string of the molecule is COc1cc(C=CC(=O)OCC2OC(OC3C(OC4(COC(=O)C=Cc5ccc(O)cc5)OC(CO)C(O)C4OC(=O)c4ccccc4)OC(CO)C(OC(=O)C=Cc4ccc(OC5OC(C)C(O)C(O)C5O)cc4)C3OC3OC(CO)C(OC(C)=O)C(OC4OC(COC(C)=O)C(O)C(O)C4O)C3O)C(O)C(O)C2O)ccc1O. The average Bonchev–Trinajstić information content (AvgIpc) is 1.70. The second-order valence-corrected chi connectivity index (χ2v) is 27.1. The van der Waals surface area contributed by atoms with E-state index in [1.165, 1.54) is 123 Å². The molecule has 10 rings (SSSR count). The number of aromatic hydroxyl groups is 2. The van der Waals surface area contributed by atoms with Gasteiger partial charge < -0.3 is 167 Å². The van der Waals surface area contributed by atoms with Gasteiger partial charge in [0.1, 0.15) is 147 Å². The quantitative estimate of drug-likeness (QED) is 0.0133. The number of ether oxygens (including phenoxy) is 18. The van der Waals surface area contributed by atoms with E-state index in [0.717, 1.165) is 38.2 Å². The smallest absolute Gasteiger partial charge is 0.338 e. The van der Waals surface area contributed by atoms with Crippen molar-refractivity contribution in [2.24, 2.45) is 0 Å². The zero-order valence-corrected chi connectivity index (χ0v) is 61.6. The van der Waals surface area contributed by atoms with Crippen LogP contribution in [0, 0.1) is 0 Å². The molecule has 6 heterocycles. The number of hydrogen-bond donors (Lipinski definition) is 16. The largest absolute Gasteiger partial charge is 0.508 e. The van der Waals surface area contributed by atoms with Crippen molar-refractivity contribution < 1.29 is 196 Å². The summed E-state index contributed by atoms with van der Waals surface area (Å²) >= 11 is 0. The fourth-order valence-corrected chi connectivity index (χ4v) is 12.9. The number of hydrogen-bond acceptors (Lipinski definition) is 40. The summed E-state index contributed by atoms with van der Waals surface area (Å²) in [6, 6.07) is 21.9. The molecule has 29 unspecified atom stereocenters. The Kier molecular flexibility index (Phi) is 30.7. The van der Waals surface area contributed by atoms with Gasteiger partial charge in [-0.3, -0.25) is 9.59 Å². The highest BCUT2D eigenvalue weighted by Crippen LogP contribution is 2.43. The van der Waals surface area contributed by atoms with Crippen molar-refractivity contribution in [2.45, 2.75) is 198 Å². The van der Waals surface area contributed by atoms with Gasteiger partial charge in [0.25, 0.3) is 0 Å². The van der Waals surface area contributed by atoms with Crippen LogP contribution in [0.4, 0.5) is 0 Å². The standard InChI is InChI=1S/C75H90O40/c1-33-52(86)56(90)59(93)70(102-33)104-41-20-12-37(13-21-41)16-25-51(85)109-64-46(29-78)106-74(115-75(32-101-50(84)23-15-36-10-18-40(81)19-11-36)68(55(89)44(27-76)114-75)113-69(97)39-8-6-5-7-9-39)67(112-72-61(95)58(92)54(88)48(108-72)31-100-49(83)24-17-38-14-22-42(82)43(26-38)98-4)66(64)111-73-62(96)65(63(103-35(3)80)45(28-77)105-73)110-71-60(94)57(91)53(87)47(107-71)30-99-34(2)79/h5-26,33,44-48,52-68,70-74,76-78,81-82,86-96H,27-32H2,1-4H3. The Morgan fingerprint density at radius 3 is 1.52 bits per heavy atom. The van der Waals surface area contributed by atoms with Crippen molar-refractivity contribution >= 4 is 54.0 Å². The van der Waals surface area contributed by atoms with E-state index < -0.39 is 253 Å². The first kappa shape index (κ1) is 88.5. The molecule has 0 radical (unpaired) electrons. The number of aliphatic hydroxyl groups is 14. The topological polar surface area (TPSA) is 592 Å². The molecule has 40 nitrogen and oxygen atoms in total. The van der Waals surface area contributed by atoms with Crippen molar-refractivity contribution in [3.8, 4) is 23.0 Å². The molecule has 29 atom stereocenters. The van der Waals surface area contributed by atoms with Gasteiger partial charge >= 0.3 is 35.8 Å². The van der Waals surface area contributed by atoms with Gasteiger partial charge in [-0.05, 0) is 90.4 Å². The lowest BCUT2D eigenvalue weighted by molar-refractivity contribution is -0.423. The van der Waals surface area contributed by atoms with Crippen LogP contribution in [0.3, 0.4) is 0 Å². The van der Waals surface area contributed by atoms with E-state index in [1.807, 2.05) is 0 Å². The number of rotatable bonds is 30. The Labute approximate surface area is 653 Å². The third-order valence-corrected chi connectivity index (χ3v) is 19.1. The Hall–Kier alpha value is -8.84. The average molecular weight is 1630 g/mol. The molecule has 4 aromatic carbocycles. The summed E-state index contributed by atoms with van der Waals surface area (Å²) in [5.41, 5.74) is 0.655. The van der Waals surface area contributed by atoms with Crippen LogP contribution in [0.5, 0.6) is 23.0 Å². The number of phenols is 2. The number of benzene rings is 4. The number of esters is 6. The van der Waals surface area contributed by atoms with Crippen LogP contribution in [-0.4, -0.2) is 342 Å². The fraction of sp³-hybridized carbons (Fsp3) is 0.520. The number of aliphatic hydroxyl groups excluding tert-OH is 14. The van der Waals surface area contributed by atoms with E-state index in [2.05, 4.69) is 0 Å². The minimum atomic E-state index is -3.09. The molecular formula is C75H90O40. The van der Waals surface area contributed by atoms with Crippen LogP contribution in [-0.2, 0) is 99.8 Å². The van der Waals surface area contributed by atoms with Gasteiger partial charge in [-0.25, -0.2) is 19.2 Å². The molecule has 115 heavy (non-hydrogen) atoms. The van der Waals surface area contributed by atoms with Crippen LogP contribution in [0.25, 0.3) is 18.2 Å². The van der Waals surface area contributed by atoms with Crippen molar-refractivity contribution in [3.63, 3.8) is 0 Å². The van der Waals surface area contributed by atoms with E-state index in [1.54, 1.807) is 0 Å². The second kappa shape index (κ2) is 39.9. The summed E-state index contributed by atoms with van der Waals surface area (Å²) in [7, 11) is 1.28. The lowest BCUT2D eigenvalue weighted by atomic mass is 9.95. The summed E-state index contributed by atoms with van der Waals surface area (Å²) in [4.78, 5) is 81.3. The molecule has 0 spiro atoms. The zero-order valence-electron chi connectivity index (χ0n) is 61.6. The second-order valence-electron chi connectivity index (χ2n) is 27.1. The van der Waals surface area contributed by atoms with Crippen LogP contribution >= 0.6 is 0 Å². The maximum absolute atomic E-state index is 14.7. The van der Waals surface area contributed by atoms with E-state index >= 15 is 0 Å². The predicted molar refractivity (Wildman–Crippen MR) is 376 cm³/mol. The van der Waals surface area contributed by atoms with Crippen molar-refractivity contribution in [1.29, 1.82) is 0 Å². The lowest BCUT2D eigenvalue weighted by Crippen LogP contribution is -2.69. The van der Waals surface area contributed by atoms with Gasteiger partial charge in [-0.15, -0.1) is 0 Å². The molecule has 4 aromatic rings. The number of phenolic OH excluding ortho intramolecular Hbond substituents is 2. The fourth-order valence-electron chi connectivity index (χ4n) is 12.9. The van der Waals surface area contributed by atoms with Gasteiger partial charge in [-0.1, -0.05) is 48.5 Å². The van der Waals surface area contributed by atoms with Crippen molar-refractivity contribution in [2.75, 3.05) is 46.8 Å². The number of methoxy groups -OCH3 is 1. The van der Waals surface area contributed by atoms with E-state index in [-0.39, 0.29) is 34.1 Å². The molecule has 6 aliphatic rings. The van der Waals surface area contributed by atoms with Crippen LogP contribution in [0.2, 0.25) is 0 Å². The summed E-state index contributed by atoms with van der Waals surface area (Å²) in [6.07, 6.45) is -52.9. The molecule has 0 bridgehead atoms. The minimum absolute atomic E-state index is 0.0276. The maximum atomic E-state index is 14.7. The summed E-state index contributed by atoms with van der Waals surface area (Å²) < 4.78 is 107. The lowest BCUT2D eigenvalue weighted by Gasteiger charge is -2.51.